The van der Waals surface area contributed by atoms with Crippen LogP contribution in [0.15, 0.2) is 22.7 Å². The van der Waals surface area contributed by atoms with E-state index in [4.69, 9.17) is 9.63 Å². The predicted molar refractivity (Wildman–Crippen MR) is 88.9 cm³/mol. The molecular weight excluding hydrogens is 316 g/mol. The van der Waals surface area contributed by atoms with Gasteiger partial charge in [-0.3, -0.25) is 4.79 Å². The van der Waals surface area contributed by atoms with Gasteiger partial charge in [-0.15, -0.1) is 11.8 Å². The minimum Gasteiger partial charge on any atom is -0.478 e. The summed E-state index contributed by atoms with van der Waals surface area (Å²) in [6, 6.07) is 4.84. The van der Waals surface area contributed by atoms with E-state index in [9.17, 15) is 9.59 Å². The maximum absolute atomic E-state index is 12.0. The van der Waals surface area contributed by atoms with Gasteiger partial charge in [-0.1, -0.05) is 11.2 Å². The van der Waals surface area contributed by atoms with Crippen molar-refractivity contribution in [1.29, 1.82) is 0 Å². The van der Waals surface area contributed by atoms with Crippen molar-refractivity contribution < 1.29 is 19.2 Å². The van der Waals surface area contributed by atoms with E-state index in [2.05, 4.69) is 10.5 Å². The molecule has 1 aromatic heterocycles. The van der Waals surface area contributed by atoms with Crippen molar-refractivity contribution in [2.45, 2.75) is 26.5 Å². The average Bonchev–Trinajstić information content (AvgIpc) is 2.80. The van der Waals surface area contributed by atoms with Gasteiger partial charge in [0.25, 0.3) is 0 Å². The molecule has 23 heavy (non-hydrogen) atoms. The van der Waals surface area contributed by atoms with Gasteiger partial charge < -0.3 is 14.9 Å². The van der Waals surface area contributed by atoms with E-state index in [-0.39, 0.29) is 17.2 Å². The smallest absolute Gasteiger partial charge is 0.336 e. The van der Waals surface area contributed by atoms with Crippen LogP contribution in [0.25, 0.3) is 0 Å². The van der Waals surface area contributed by atoms with Crippen molar-refractivity contribution in [3.63, 3.8) is 0 Å². The van der Waals surface area contributed by atoms with E-state index in [0.29, 0.717) is 17.0 Å². The van der Waals surface area contributed by atoms with Crippen LogP contribution in [0, 0.1) is 20.8 Å². The van der Waals surface area contributed by atoms with Crippen LogP contribution in [0.2, 0.25) is 0 Å². The quantitative estimate of drug-likeness (QED) is 0.843. The molecule has 0 atom stereocenters. The Morgan fingerprint density at radius 3 is 2.65 bits per heavy atom. The molecule has 2 aromatic rings. The Morgan fingerprint density at radius 2 is 2.04 bits per heavy atom. The van der Waals surface area contributed by atoms with Gasteiger partial charge >= 0.3 is 5.97 Å². The highest BCUT2D eigenvalue weighted by Crippen LogP contribution is 2.20. The molecule has 0 saturated heterocycles. The Bertz CT molecular complexity index is 720. The lowest BCUT2D eigenvalue weighted by atomic mass is 10.1. The summed E-state index contributed by atoms with van der Waals surface area (Å²) in [7, 11) is 0. The summed E-state index contributed by atoms with van der Waals surface area (Å²) in [6.45, 7) is 5.43. The summed E-state index contributed by atoms with van der Waals surface area (Å²) in [5, 5.41) is 15.7. The van der Waals surface area contributed by atoms with Crippen LogP contribution in [0.4, 0.5) is 5.69 Å². The number of amides is 1. The molecule has 122 valence electrons. The number of aryl methyl sites for hydroxylation is 3. The zero-order chi connectivity index (χ0) is 17.0. The minimum absolute atomic E-state index is 0.179. The summed E-state index contributed by atoms with van der Waals surface area (Å²) >= 11 is 1.45. The number of carbonyl (C=O) groups excluding carboxylic acids is 1. The van der Waals surface area contributed by atoms with E-state index in [1.807, 2.05) is 13.8 Å². The number of thioether (sulfide) groups is 1. The molecule has 1 heterocycles. The lowest BCUT2D eigenvalue weighted by Gasteiger charge is -2.08. The largest absolute Gasteiger partial charge is 0.478 e. The van der Waals surface area contributed by atoms with Gasteiger partial charge in [0.15, 0.2) is 0 Å². The maximum Gasteiger partial charge on any atom is 0.336 e. The maximum atomic E-state index is 12.0. The molecule has 1 amide bonds. The number of carboxylic acid groups (broad SMARTS) is 1. The SMILES string of the molecule is Cc1ccc(NC(=O)CSCc2c(C)noc2C)cc1C(=O)O. The third-order valence-electron chi connectivity index (χ3n) is 3.41. The molecule has 0 spiro atoms. The molecule has 0 aliphatic carbocycles. The Morgan fingerprint density at radius 1 is 1.30 bits per heavy atom. The van der Waals surface area contributed by atoms with Crippen LogP contribution >= 0.6 is 11.8 Å². The highest BCUT2D eigenvalue weighted by Gasteiger charge is 2.12. The fourth-order valence-corrected chi connectivity index (χ4v) is 3.06. The van der Waals surface area contributed by atoms with Crippen molar-refractivity contribution in [2.75, 3.05) is 11.1 Å². The van der Waals surface area contributed by atoms with Gasteiger partial charge in [-0.25, -0.2) is 4.79 Å². The van der Waals surface area contributed by atoms with Gasteiger partial charge in [-0.2, -0.15) is 0 Å². The monoisotopic (exact) mass is 334 g/mol. The third-order valence-corrected chi connectivity index (χ3v) is 4.37. The second kappa shape index (κ2) is 7.32. The molecule has 0 aliphatic rings. The second-order valence-electron chi connectivity index (χ2n) is 5.18. The van der Waals surface area contributed by atoms with Gasteiger partial charge in [0.05, 0.1) is 17.0 Å². The van der Waals surface area contributed by atoms with E-state index in [0.717, 1.165) is 17.0 Å². The number of carboxylic acids is 1. The van der Waals surface area contributed by atoms with Crippen molar-refractivity contribution in [2.24, 2.45) is 0 Å². The first-order chi connectivity index (χ1) is 10.9. The van der Waals surface area contributed by atoms with Crippen molar-refractivity contribution in [3.05, 3.63) is 46.3 Å². The van der Waals surface area contributed by atoms with E-state index in [1.165, 1.54) is 17.8 Å². The number of aromatic nitrogens is 1. The van der Waals surface area contributed by atoms with Crippen molar-refractivity contribution in [1.82, 2.24) is 5.16 Å². The van der Waals surface area contributed by atoms with E-state index in [1.54, 1.807) is 19.1 Å². The summed E-state index contributed by atoms with van der Waals surface area (Å²) in [5.74, 6) is 0.483. The number of nitrogens with zero attached hydrogens (tertiary/aromatic N) is 1. The van der Waals surface area contributed by atoms with E-state index < -0.39 is 5.97 Å². The molecular formula is C16H18N2O4S. The number of hydrogen-bond donors (Lipinski definition) is 2. The molecule has 0 aliphatic heterocycles. The first-order valence-electron chi connectivity index (χ1n) is 7.01. The number of nitrogens with one attached hydrogen (secondary N) is 1. The average molecular weight is 334 g/mol. The minimum atomic E-state index is -1.01. The number of carbonyl (C=O) groups is 2. The molecule has 6 nitrogen and oxygen atoms in total. The molecule has 7 heteroatoms. The Labute approximate surface area is 138 Å². The van der Waals surface area contributed by atoms with Crippen LogP contribution < -0.4 is 5.32 Å². The first-order valence-corrected chi connectivity index (χ1v) is 8.17. The molecule has 2 N–H and O–H groups in total. The molecule has 0 bridgehead atoms. The number of hydrogen-bond acceptors (Lipinski definition) is 5. The zero-order valence-electron chi connectivity index (χ0n) is 13.2. The Balaban J connectivity index is 1.90. The molecule has 0 radical (unpaired) electrons. The predicted octanol–water partition coefficient (Wildman–Crippen LogP) is 3.17. The summed E-state index contributed by atoms with van der Waals surface area (Å²) in [5.41, 5.74) is 3.16. The number of rotatable bonds is 6. The third kappa shape index (κ3) is 4.35. The normalized spacial score (nSPS) is 10.6. The van der Waals surface area contributed by atoms with Crippen molar-refractivity contribution in [3.8, 4) is 0 Å². The fraction of sp³-hybridized carbons (Fsp3) is 0.312. The summed E-state index contributed by atoms with van der Waals surface area (Å²) < 4.78 is 5.08. The van der Waals surface area contributed by atoms with Crippen LogP contribution in [-0.4, -0.2) is 27.9 Å². The van der Waals surface area contributed by atoms with Crippen LogP contribution in [0.3, 0.4) is 0 Å². The van der Waals surface area contributed by atoms with E-state index >= 15 is 0 Å². The fourth-order valence-electron chi connectivity index (χ4n) is 2.08. The number of benzene rings is 1. The topological polar surface area (TPSA) is 92.4 Å². The first kappa shape index (κ1) is 17.1. The van der Waals surface area contributed by atoms with Crippen LogP contribution in [0.5, 0.6) is 0 Å². The van der Waals surface area contributed by atoms with Crippen LogP contribution in [-0.2, 0) is 10.5 Å². The molecule has 0 saturated carbocycles. The lowest BCUT2D eigenvalue weighted by molar-refractivity contribution is -0.113. The molecule has 0 unspecified atom stereocenters. The van der Waals surface area contributed by atoms with Crippen LogP contribution in [0.1, 0.15) is 32.9 Å². The zero-order valence-corrected chi connectivity index (χ0v) is 14.0. The summed E-state index contributed by atoms with van der Waals surface area (Å²) in [6.07, 6.45) is 0. The lowest BCUT2D eigenvalue weighted by Crippen LogP contribution is -2.15. The van der Waals surface area contributed by atoms with Gasteiger partial charge in [0.2, 0.25) is 5.91 Å². The van der Waals surface area contributed by atoms with Gasteiger partial charge in [0.1, 0.15) is 5.76 Å². The Hall–Kier alpha value is -2.28. The summed E-state index contributed by atoms with van der Waals surface area (Å²) in [4.78, 5) is 23.1. The Kier molecular flexibility index (Phi) is 5.44. The second-order valence-corrected chi connectivity index (χ2v) is 6.16. The number of anilines is 1. The molecule has 1 aromatic carbocycles. The standard InChI is InChI=1S/C16H18N2O4S/c1-9-4-5-12(6-13(9)16(20)21)17-15(19)8-23-7-14-10(2)18-22-11(14)3/h4-6H,7-8H2,1-3H3,(H,17,19)(H,20,21). The number of aromatic carboxylic acids is 1. The highest BCUT2D eigenvalue weighted by atomic mass is 32.2. The van der Waals surface area contributed by atoms with Gasteiger partial charge in [0, 0.05) is 17.0 Å². The highest BCUT2D eigenvalue weighted by molar-refractivity contribution is 7.99. The van der Waals surface area contributed by atoms with Crippen molar-refractivity contribution >= 4 is 29.3 Å². The molecule has 2 rings (SSSR count). The molecule has 0 fully saturated rings. The van der Waals surface area contributed by atoms with Gasteiger partial charge in [-0.05, 0) is 38.5 Å².